The topological polar surface area (TPSA) is 50.3 Å². The number of aromatic nitrogens is 2. The zero-order valence-electron chi connectivity index (χ0n) is 13.7. The van der Waals surface area contributed by atoms with Crippen LogP contribution in [0, 0.1) is 13.8 Å². The summed E-state index contributed by atoms with van der Waals surface area (Å²) in [6.07, 6.45) is 3.63. The molecule has 0 aliphatic carbocycles. The van der Waals surface area contributed by atoms with Crippen molar-refractivity contribution in [2.45, 2.75) is 51.7 Å². The second-order valence-corrected chi connectivity index (χ2v) is 6.82. The third-order valence-corrected chi connectivity index (χ3v) is 5.38. The Morgan fingerprint density at radius 3 is 2.48 bits per heavy atom. The van der Waals surface area contributed by atoms with Crippen LogP contribution in [0.25, 0.3) is 0 Å². The molecule has 1 aromatic rings. The largest absolute Gasteiger partial charge is 0.328 e. The van der Waals surface area contributed by atoms with Gasteiger partial charge in [-0.2, -0.15) is 5.10 Å². The summed E-state index contributed by atoms with van der Waals surface area (Å²) in [4.78, 5) is 5.25. The van der Waals surface area contributed by atoms with Crippen LogP contribution in [0.5, 0.6) is 0 Å². The van der Waals surface area contributed by atoms with Crippen molar-refractivity contribution in [2.24, 2.45) is 12.8 Å². The van der Waals surface area contributed by atoms with Crippen LogP contribution in [0.1, 0.15) is 36.2 Å². The van der Waals surface area contributed by atoms with Crippen LogP contribution in [0.4, 0.5) is 0 Å². The van der Waals surface area contributed by atoms with Gasteiger partial charge in [0.05, 0.1) is 5.69 Å². The lowest BCUT2D eigenvalue weighted by atomic mass is 10.0. The maximum absolute atomic E-state index is 6.01. The molecule has 0 bridgehead atoms. The molecule has 0 amide bonds. The van der Waals surface area contributed by atoms with Gasteiger partial charge >= 0.3 is 0 Å². The molecule has 0 radical (unpaired) electrons. The van der Waals surface area contributed by atoms with Gasteiger partial charge in [-0.05, 0) is 46.2 Å². The van der Waals surface area contributed by atoms with Crippen LogP contribution < -0.4 is 5.73 Å². The van der Waals surface area contributed by atoms with Crippen molar-refractivity contribution >= 4 is 0 Å². The van der Waals surface area contributed by atoms with Crippen molar-refractivity contribution in [3.05, 3.63) is 17.0 Å². The zero-order chi connectivity index (χ0) is 15.0. The van der Waals surface area contributed by atoms with Crippen molar-refractivity contribution in [3.8, 4) is 0 Å². The monoisotopic (exact) mass is 291 g/mol. The number of hydrogen-bond acceptors (Lipinski definition) is 4. The molecule has 0 spiro atoms. The minimum atomic E-state index is 0.430. The summed E-state index contributed by atoms with van der Waals surface area (Å²) >= 11 is 0. The van der Waals surface area contributed by atoms with E-state index in [1.54, 1.807) is 0 Å². The third-order valence-electron chi connectivity index (χ3n) is 5.38. The molecule has 2 saturated heterocycles. The molecule has 1 atom stereocenters. The van der Waals surface area contributed by atoms with Gasteiger partial charge in [-0.3, -0.25) is 14.5 Å². The predicted molar refractivity (Wildman–Crippen MR) is 85.1 cm³/mol. The lowest BCUT2D eigenvalue weighted by molar-refractivity contribution is 0.151. The summed E-state index contributed by atoms with van der Waals surface area (Å²) in [7, 11) is 2.04. The highest BCUT2D eigenvalue weighted by Crippen LogP contribution is 2.23. The van der Waals surface area contributed by atoms with Crippen molar-refractivity contribution in [1.82, 2.24) is 19.6 Å². The summed E-state index contributed by atoms with van der Waals surface area (Å²) in [5.41, 5.74) is 9.92. The van der Waals surface area contributed by atoms with Gasteiger partial charge < -0.3 is 5.73 Å². The number of aryl methyl sites for hydroxylation is 2. The minimum Gasteiger partial charge on any atom is -0.328 e. The lowest BCUT2D eigenvalue weighted by Crippen LogP contribution is -2.46. The van der Waals surface area contributed by atoms with Gasteiger partial charge in [-0.1, -0.05) is 0 Å². The van der Waals surface area contributed by atoms with Crippen LogP contribution >= 0.6 is 0 Å². The Kier molecular flexibility index (Phi) is 4.33. The maximum atomic E-state index is 6.01. The molecule has 5 nitrogen and oxygen atoms in total. The number of rotatable bonds is 3. The Bertz CT molecular complexity index is 487. The molecule has 2 fully saturated rings. The van der Waals surface area contributed by atoms with Crippen LogP contribution in [-0.2, 0) is 13.6 Å². The van der Waals surface area contributed by atoms with Crippen LogP contribution in [0.15, 0.2) is 0 Å². The smallest absolute Gasteiger partial charge is 0.0641 e. The second kappa shape index (κ2) is 6.07. The first-order valence-corrected chi connectivity index (χ1v) is 8.25. The SMILES string of the molecule is Cc1nn(C)c(C)c1CN1CCC(N2CCC(N)CC2)C1. The molecule has 5 heteroatoms. The van der Waals surface area contributed by atoms with Gasteiger partial charge in [-0.25, -0.2) is 0 Å². The average molecular weight is 291 g/mol. The highest BCUT2D eigenvalue weighted by atomic mass is 15.3. The second-order valence-electron chi connectivity index (χ2n) is 6.82. The van der Waals surface area contributed by atoms with E-state index in [0.29, 0.717) is 6.04 Å². The summed E-state index contributed by atoms with van der Waals surface area (Å²) in [5.74, 6) is 0. The Morgan fingerprint density at radius 1 is 1.14 bits per heavy atom. The van der Waals surface area contributed by atoms with E-state index in [-0.39, 0.29) is 0 Å². The van der Waals surface area contributed by atoms with E-state index in [4.69, 9.17) is 5.73 Å². The van der Waals surface area contributed by atoms with Gasteiger partial charge in [-0.15, -0.1) is 0 Å². The maximum Gasteiger partial charge on any atom is 0.0641 e. The minimum absolute atomic E-state index is 0.430. The molecule has 2 aliphatic rings. The molecule has 0 aromatic carbocycles. The lowest BCUT2D eigenvalue weighted by Gasteiger charge is -2.34. The Morgan fingerprint density at radius 2 is 1.86 bits per heavy atom. The Labute approximate surface area is 128 Å². The highest BCUT2D eigenvalue weighted by Gasteiger charge is 2.30. The van der Waals surface area contributed by atoms with Gasteiger partial charge in [0.25, 0.3) is 0 Å². The van der Waals surface area contributed by atoms with Crippen LogP contribution in [0.3, 0.4) is 0 Å². The molecule has 2 N–H and O–H groups in total. The molecule has 118 valence electrons. The normalized spacial score (nSPS) is 25.8. The molecule has 1 aromatic heterocycles. The van der Waals surface area contributed by atoms with Crippen molar-refractivity contribution in [2.75, 3.05) is 26.2 Å². The summed E-state index contributed by atoms with van der Waals surface area (Å²) in [6, 6.07) is 1.16. The molecular formula is C16H29N5. The van der Waals surface area contributed by atoms with E-state index in [1.165, 1.54) is 49.6 Å². The Balaban J connectivity index is 1.57. The number of hydrogen-bond donors (Lipinski definition) is 1. The van der Waals surface area contributed by atoms with Crippen molar-refractivity contribution < 1.29 is 0 Å². The van der Waals surface area contributed by atoms with Crippen LogP contribution in [-0.4, -0.2) is 57.8 Å². The van der Waals surface area contributed by atoms with E-state index in [0.717, 1.165) is 25.4 Å². The van der Waals surface area contributed by atoms with E-state index in [1.807, 2.05) is 11.7 Å². The number of nitrogens with zero attached hydrogens (tertiary/aromatic N) is 4. The van der Waals surface area contributed by atoms with Gasteiger partial charge in [0.2, 0.25) is 0 Å². The first-order chi connectivity index (χ1) is 10.0. The third kappa shape index (κ3) is 3.15. The standard InChI is InChI=1S/C16H29N5/c1-12-16(13(2)19(3)18-12)11-20-7-6-15(10-20)21-8-4-14(17)5-9-21/h14-15H,4-11,17H2,1-3H3. The van der Waals surface area contributed by atoms with E-state index >= 15 is 0 Å². The fourth-order valence-electron chi connectivity index (χ4n) is 3.81. The highest BCUT2D eigenvalue weighted by molar-refractivity contribution is 5.24. The summed E-state index contributed by atoms with van der Waals surface area (Å²) in [5, 5.41) is 4.54. The molecule has 1 unspecified atom stereocenters. The quantitative estimate of drug-likeness (QED) is 0.904. The van der Waals surface area contributed by atoms with Crippen molar-refractivity contribution in [1.29, 1.82) is 0 Å². The number of nitrogens with two attached hydrogens (primary N) is 1. The Hall–Kier alpha value is -0.910. The first-order valence-electron chi connectivity index (χ1n) is 8.25. The molecule has 0 saturated carbocycles. The zero-order valence-corrected chi connectivity index (χ0v) is 13.7. The fraction of sp³-hybridized carbons (Fsp3) is 0.812. The number of piperidine rings is 1. The first kappa shape index (κ1) is 15.0. The van der Waals surface area contributed by atoms with E-state index < -0.39 is 0 Å². The molecular weight excluding hydrogens is 262 g/mol. The van der Waals surface area contributed by atoms with Crippen molar-refractivity contribution in [3.63, 3.8) is 0 Å². The predicted octanol–water partition coefficient (Wildman–Crippen LogP) is 1.03. The molecule has 3 heterocycles. The molecule has 3 rings (SSSR count). The van der Waals surface area contributed by atoms with E-state index in [2.05, 4.69) is 28.7 Å². The summed E-state index contributed by atoms with van der Waals surface area (Å²) < 4.78 is 2.00. The summed E-state index contributed by atoms with van der Waals surface area (Å²) in [6.45, 7) is 10.1. The van der Waals surface area contributed by atoms with Gasteiger partial charge in [0.1, 0.15) is 0 Å². The average Bonchev–Trinajstić information content (AvgIpc) is 3.01. The number of likely N-dealkylation sites (tertiary alicyclic amines) is 2. The van der Waals surface area contributed by atoms with E-state index in [9.17, 15) is 0 Å². The van der Waals surface area contributed by atoms with Crippen LogP contribution in [0.2, 0.25) is 0 Å². The fourth-order valence-corrected chi connectivity index (χ4v) is 3.81. The van der Waals surface area contributed by atoms with Gasteiger partial charge in [0, 0.05) is 50.0 Å². The molecule has 21 heavy (non-hydrogen) atoms. The molecule has 2 aliphatic heterocycles. The van der Waals surface area contributed by atoms with Gasteiger partial charge in [0.15, 0.2) is 0 Å².